The number of pyridine rings is 1. The number of anilines is 1. The summed E-state index contributed by atoms with van der Waals surface area (Å²) in [7, 11) is 1.41. The standard InChI is InChI=1S/C21H25FN2O6/c1-30-20-17-13(19(27)14(21(28)29)9-24(17)12-2-3-12)8-15(22)18(20)23-6-4-11(5-7-23)16(26)10-25/h8-9,11-12,16,25-26H,2-7,10H2,1H3,(H,28,29)/t16-/m1/s1. The van der Waals surface area contributed by atoms with Crippen molar-refractivity contribution in [2.75, 3.05) is 31.7 Å². The van der Waals surface area contributed by atoms with Crippen molar-refractivity contribution < 1.29 is 29.2 Å². The maximum atomic E-state index is 15.2. The van der Waals surface area contributed by atoms with Crippen LogP contribution in [0, 0.1) is 11.7 Å². The van der Waals surface area contributed by atoms with Crippen molar-refractivity contribution in [3.8, 4) is 5.75 Å². The van der Waals surface area contributed by atoms with E-state index in [2.05, 4.69) is 0 Å². The van der Waals surface area contributed by atoms with Gasteiger partial charge in [0.05, 0.1) is 30.7 Å². The fourth-order valence-electron chi connectivity index (χ4n) is 4.38. The van der Waals surface area contributed by atoms with Crippen LogP contribution in [0.4, 0.5) is 10.1 Å². The lowest BCUT2D eigenvalue weighted by Crippen LogP contribution is -2.39. The molecule has 2 aromatic rings. The van der Waals surface area contributed by atoms with E-state index in [1.807, 2.05) is 4.90 Å². The molecule has 2 aliphatic rings. The number of fused-ring (bicyclic) bond motifs is 1. The molecule has 30 heavy (non-hydrogen) atoms. The van der Waals surface area contributed by atoms with Gasteiger partial charge in [-0.05, 0) is 37.7 Å². The summed E-state index contributed by atoms with van der Waals surface area (Å²) in [4.78, 5) is 26.1. The molecule has 4 rings (SSSR count). The number of methoxy groups -OCH3 is 1. The van der Waals surface area contributed by atoms with E-state index in [4.69, 9.17) is 4.74 Å². The van der Waals surface area contributed by atoms with E-state index in [0.717, 1.165) is 18.9 Å². The number of benzene rings is 1. The number of nitrogens with zero attached hydrogens (tertiary/aromatic N) is 2. The van der Waals surface area contributed by atoms with E-state index in [1.165, 1.54) is 13.3 Å². The van der Waals surface area contributed by atoms with E-state index >= 15 is 4.39 Å². The third-order valence-electron chi connectivity index (χ3n) is 6.16. The summed E-state index contributed by atoms with van der Waals surface area (Å²) < 4.78 is 22.5. The summed E-state index contributed by atoms with van der Waals surface area (Å²) in [6, 6.07) is 1.15. The van der Waals surface area contributed by atoms with Gasteiger partial charge in [0.25, 0.3) is 0 Å². The number of carboxylic acid groups (broad SMARTS) is 1. The predicted octanol–water partition coefficient (Wildman–Crippen LogP) is 1.75. The molecule has 8 nitrogen and oxygen atoms in total. The fourth-order valence-corrected chi connectivity index (χ4v) is 4.38. The minimum absolute atomic E-state index is 0.00881. The monoisotopic (exact) mass is 420 g/mol. The van der Waals surface area contributed by atoms with Gasteiger partial charge in [-0.3, -0.25) is 4.79 Å². The summed E-state index contributed by atoms with van der Waals surface area (Å²) in [6.45, 7) is 0.612. The highest BCUT2D eigenvalue weighted by Gasteiger charge is 2.33. The number of aromatic carboxylic acids is 1. The van der Waals surface area contributed by atoms with Crippen molar-refractivity contribution in [2.45, 2.75) is 37.8 Å². The van der Waals surface area contributed by atoms with Crippen LogP contribution in [0.5, 0.6) is 5.75 Å². The minimum Gasteiger partial charge on any atom is -0.492 e. The first kappa shape index (κ1) is 20.6. The van der Waals surface area contributed by atoms with Crippen LogP contribution in [0.15, 0.2) is 17.1 Å². The highest BCUT2D eigenvalue weighted by molar-refractivity contribution is 5.97. The molecule has 1 saturated heterocycles. The van der Waals surface area contributed by atoms with E-state index in [9.17, 15) is 24.9 Å². The molecule has 0 spiro atoms. The molecular weight excluding hydrogens is 395 g/mol. The van der Waals surface area contributed by atoms with Crippen LogP contribution in [0.2, 0.25) is 0 Å². The van der Waals surface area contributed by atoms with Crippen LogP contribution in [-0.4, -0.2) is 58.8 Å². The van der Waals surface area contributed by atoms with Gasteiger partial charge >= 0.3 is 5.97 Å². The number of ether oxygens (including phenoxy) is 1. The summed E-state index contributed by atoms with van der Waals surface area (Å²) in [5, 5.41) is 28.5. The lowest BCUT2D eigenvalue weighted by atomic mass is 9.91. The number of hydrogen-bond acceptors (Lipinski definition) is 6. The quantitative estimate of drug-likeness (QED) is 0.653. The summed E-state index contributed by atoms with van der Waals surface area (Å²) >= 11 is 0. The molecule has 1 aromatic heterocycles. The van der Waals surface area contributed by atoms with Crippen LogP contribution in [-0.2, 0) is 0 Å². The largest absolute Gasteiger partial charge is 0.492 e. The number of hydrogen-bond donors (Lipinski definition) is 3. The van der Waals surface area contributed by atoms with Gasteiger partial charge in [-0.25, -0.2) is 9.18 Å². The number of halogens is 1. The normalized spacial score (nSPS) is 18.6. The zero-order valence-electron chi connectivity index (χ0n) is 16.7. The molecule has 0 bridgehead atoms. The molecule has 1 aromatic carbocycles. The van der Waals surface area contributed by atoms with Crippen LogP contribution in [0.1, 0.15) is 42.1 Å². The van der Waals surface area contributed by atoms with E-state index < -0.39 is 23.3 Å². The van der Waals surface area contributed by atoms with Gasteiger partial charge in [0.1, 0.15) is 11.3 Å². The highest BCUT2D eigenvalue weighted by Crippen LogP contribution is 2.44. The summed E-state index contributed by atoms with van der Waals surface area (Å²) in [6.07, 6.45) is 3.38. The molecule has 162 valence electrons. The first-order chi connectivity index (χ1) is 14.4. The average Bonchev–Trinajstić information content (AvgIpc) is 3.58. The zero-order valence-corrected chi connectivity index (χ0v) is 16.7. The Morgan fingerprint density at radius 3 is 2.50 bits per heavy atom. The number of aliphatic hydroxyl groups excluding tert-OH is 2. The van der Waals surface area contributed by atoms with E-state index in [1.54, 1.807) is 4.57 Å². The number of aliphatic hydroxyl groups is 2. The number of carboxylic acids is 1. The van der Waals surface area contributed by atoms with Crippen LogP contribution < -0.4 is 15.1 Å². The fraction of sp³-hybridized carbons (Fsp3) is 0.524. The number of piperidine rings is 1. The first-order valence-corrected chi connectivity index (χ1v) is 10.1. The molecule has 1 aliphatic carbocycles. The zero-order chi connectivity index (χ0) is 21.6. The van der Waals surface area contributed by atoms with Gasteiger partial charge in [0.15, 0.2) is 11.6 Å². The van der Waals surface area contributed by atoms with Crippen LogP contribution in [0.3, 0.4) is 0 Å². The Labute approximate surface area is 172 Å². The van der Waals surface area contributed by atoms with Gasteiger partial charge < -0.3 is 29.5 Å². The highest BCUT2D eigenvalue weighted by atomic mass is 19.1. The van der Waals surface area contributed by atoms with Gasteiger partial charge in [0, 0.05) is 25.3 Å². The van der Waals surface area contributed by atoms with Crippen molar-refractivity contribution in [1.29, 1.82) is 0 Å². The van der Waals surface area contributed by atoms with Crippen molar-refractivity contribution >= 4 is 22.6 Å². The average molecular weight is 420 g/mol. The molecule has 0 radical (unpaired) electrons. The SMILES string of the molecule is COc1c(N2CCC([C@H](O)CO)CC2)c(F)cc2c(=O)c(C(=O)O)cn(C3CC3)c12. The Morgan fingerprint density at radius 2 is 1.97 bits per heavy atom. The lowest BCUT2D eigenvalue weighted by molar-refractivity contribution is 0.0376. The lowest BCUT2D eigenvalue weighted by Gasteiger charge is -2.36. The number of aromatic nitrogens is 1. The second kappa shape index (κ2) is 7.88. The van der Waals surface area contributed by atoms with Crippen LogP contribution in [0.25, 0.3) is 10.9 Å². The Balaban J connectivity index is 1.85. The molecule has 9 heteroatoms. The maximum Gasteiger partial charge on any atom is 0.341 e. The minimum atomic E-state index is -1.34. The first-order valence-electron chi connectivity index (χ1n) is 10.1. The predicted molar refractivity (Wildman–Crippen MR) is 108 cm³/mol. The smallest absolute Gasteiger partial charge is 0.341 e. The van der Waals surface area contributed by atoms with Gasteiger partial charge in [-0.2, -0.15) is 0 Å². The van der Waals surface area contributed by atoms with Crippen molar-refractivity contribution in [3.05, 3.63) is 33.9 Å². The van der Waals surface area contributed by atoms with E-state index in [-0.39, 0.29) is 41.0 Å². The van der Waals surface area contributed by atoms with Gasteiger partial charge in [-0.15, -0.1) is 0 Å². The molecule has 0 amide bonds. The van der Waals surface area contributed by atoms with Gasteiger partial charge in [0.2, 0.25) is 5.43 Å². The molecule has 3 N–H and O–H groups in total. The summed E-state index contributed by atoms with van der Waals surface area (Å²) in [5.74, 6) is -1.85. The number of rotatable bonds is 6. The van der Waals surface area contributed by atoms with Gasteiger partial charge in [-0.1, -0.05) is 0 Å². The second-order valence-corrected chi connectivity index (χ2v) is 8.03. The number of carbonyl (C=O) groups is 1. The molecule has 2 heterocycles. The maximum absolute atomic E-state index is 15.2. The third-order valence-corrected chi connectivity index (χ3v) is 6.16. The third kappa shape index (κ3) is 3.41. The Hall–Kier alpha value is -2.65. The molecule has 1 atom stereocenters. The molecule has 0 unspecified atom stereocenters. The van der Waals surface area contributed by atoms with Crippen molar-refractivity contribution in [3.63, 3.8) is 0 Å². The summed E-state index contributed by atoms with van der Waals surface area (Å²) in [5.41, 5.74) is -0.479. The molecule has 1 saturated carbocycles. The Bertz CT molecular complexity index is 1040. The molecule has 1 aliphatic heterocycles. The van der Waals surface area contributed by atoms with Crippen LogP contribution >= 0.6 is 0 Å². The van der Waals surface area contributed by atoms with Crippen molar-refractivity contribution in [1.82, 2.24) is 4.57 Å². The molecular formula is C21H25FN2O6. The topological polar surface area (TPSA) is 112 Å². The second-order valence-electron chi connectivity index (χ2n) is 8.03. The molecule has 2 fully saturated rings. The Morgan fingerprint density at radius 1 is 1.30 bits per heavy atom. The van der Waals surface area contributed by atoms with Crippen molar-refractivity contribution in [2.24, 2.45) is 5.92 Å². The Kier molecular flexibility index (Phi) is 5.42. The van der Waals surface area contributed by atoms with E-state index in [0.29, 0.717) is 31.4 Å².